The highest BCUT2D eigenvalue weighted by atomic mass is 16.6. The summed E-state index contributed by atoms with van der Waals surface area (Å²) in [5.41, 5.74) is 0. The monoisotopic (exact) mass is 1070 g/mol. The fraction of sp³-hybridized carbons (Fsp3) is 0.704. The molecule has 6 nitrogen and oxygen atoms in total. The Morgan fingerprint density at radius 2 is 0.506 bits per heavy atom. The van der Waals surface area contributed by atoms with Crippen LogP contribution >= 0.6 is 0 Å². The van der Waals surface area contributed by atoms with Crippen LogP contribution in [0.5, 0.6) is 0 Å². The molecule has 1 atom stereocenters. The van der Waals surface area contributed by atoms with E-state index in [1.807, 2.05) is 0 Å². The Labute approximate surface area is 476 Å². The van der Waals surface area contributed by atoms with Crippen molar-refractivity contribution in [3.05, 3.63) is 109 Å². The molecule has 0 aromatic carbocycles. The standard InChI is InChI=1S/C71H120O6/c1-4-7-10-13-16-19-22-25-28-31-32-33-34-35-36-37-38-41-43-46-49-52-55-58-61-64-70(73)76-67-68(77-71(74)65-62-59-56-53-50-47-44-40-30-27-24-21-18-15-12-9-6-3)66-75-69(72)63-60-57-54-51-48-45-42-39-29-26-23-20-17-14-11-8-5-2/h7,9-10,12,16,18-19,21,25,27-28,30,32-33,35-36,38,41,68H,4-6,8,11,13-15,17,20,22-24,26,29,31,34,37,39-40,42-67H2,1-3H3/b10-7-,12-9-,19-16-,21-18-,28-25-,30-27-,33-32-,36-35-,41-38-. The Hall–Kier alpha value is -3.93. The van der Waals surface area contributed by atoms with E-state index >= 15 is 0 Å². The van der Waals surface area contributed by atoms with Crippen molar-refractivity contribution in [2.75, 3.05) is 13.2 Å². The van der Waals surface area contributed by atoms with Crippen LogP contribution in [0.15, 0.2) is 109 Å². The number of unbranched alkanes of at least 4 members (excludes halogenated alkanes) is 29. The van der Waals surface area contributed by atoms with E-state index in [1.165, 1.54) is 128 Å². The van der Waals surface area contributed by atoms with E-state index in [0.717, 1.165) is 135 Å². The summed E-state index contributed by atoms with van der Waals surface area (Å²) in [5, 5.41) is 0. The Bertz CT molecular complexity index is 1560. The fourth-order valence-electron chi connectivity index (χ4n) is 8.99. The van der Waals surface area contributed by atoms with Gasteiger partial charge in [-0.25, -0.2) is 0 Å². The van der Waals surface area contributed by atoms with Crippen LogP contribution in [0, 0.1) is 0 Å². The van der Waals surface area contributed by atoms with Crippen molar-refractivity contribution in [3.63, 3.8) is 0 Å². The number of rotatable bonds is 58. The van der Waals surface area contributed by atoms with Crippen LogP contribution in [0.1, 0.15) is 303 Å². The van der Waals surface area contributed by atoms with Crippen LogP contribution in [0.2, 0.25) is 0 Å². The molecule has 0 heterocycles. The van der Waals surface area contributed by atoms with Crippen molar-refractivity contribution < 1.29 is 28.6 Å². The SMILES string of the molecule is CC/C=C\C/C=C\C/C=C\C/C=C\C/C=C\C/C=C\CCCCCCCCC(=O)OCC(COC(=O)CCCCCCCCCCCCCCCCCCC)OC(=O)CCCCCCCCC/C=C\C/C=C\C/C=C\CC. The Morgan fingerprint density at radius 3 is 0.792 bits per heavy atom. The third-order valence-corrected chi connectivity index (χ3v) is 13.8. The Morgan fingerprint density at radius 1 is 0.273 bits per heavy atom. The highest BCUT2D eigenvalue weighted by molar-refractivity contribution is 5.71. The number of esters is 3. The predicted octanol–water partition coefficient (Wildman–Crippen LogP) is 22.2. The van der Waals surface area contributed by atoms with E-state index in [9.17, 15) is 14.4 Å². The van der Waals surface area contributed by atoms with E-state index in [2.05, 4.69) is 130 Å². The van der Waals surface area contributed by atoms with E-state index < -0.39 is 6.10 Å². The molecule has 0 aliphatic carbocycles. The zero-order valence-corrected chi connectivity index (χ0v) is 50.4. The quantitative estimate of drug-likeness (QED) is 0.0261. The molecule has 0 aliphatic heterocycles. The number of carbonyl (C=O) groups is 3. The van der Waals surface area contributed by atoms with E-state index in [1.54, 1.807) is 0 Å². The maximum atomic E-state index is 12.9. The first-order valence-corrected chi connectivity index (χ1v) is 32.4. The molecule has 0 aromatic heterocycles. The summed E-state index contributed by atoms with van der Waals surface area (Å²) < 4.78 is 16.9. The lowest BCUT2D eigenvalue weighted by atomic mass is 10.0. The molecule has 6 heteroatoms. The highest BCUT2D eigenvalue weighted by Gasteiger charge is 2.19. The average molecular weight is 1070 g/mol. The molecule has 0 spiro atoms. The third kappa shape index (κ3) is 62.8. The summed E-state index contributed by atoms with van der Waals surface area (Å²) in [6.07, 6.45) is 88.0. The summed E-state index contributed by atoms with van der Waals surface area (Å²) >= 11 is 0. The molecule has 0 amide bonds. The average Bonchev–Trinajstić information content (AvgIpc) is 3.43. The summed E-state index contributed by atoms with van der Waals surface area (Å²) in [6, 6.07) is 0. The molecule has 0 radical (unpaired) electrons. The highest BCUT2D eigenvalue weighted by Crippen LogP contribution is 2.16. The minimum absolute atomic E-state index is 0.0854. The van der Waals surface area contributed by atoms with Gasteiger partial charge in [0.1, 0.15) is 13.2 Å². The Balaban J connectivity index is 4.40. The molecule has 0 saturated carbocycles. The first-order chi connectivity index (χ1) is 38.0. The summed E-state index contributed by atoms with van der Waals surface area (Å²) in [4.78, 5) is 38.4. The van der Waals surface area contributed by atoms with Crippen LogP contribution in [0.3, 0.4) is 0 Å². The van der Waals surface area contributed by atoms with Crippen LogP contribution in [-0.2, 0) is 28.6 Å². The zero-order chi connectivity index (χ0) is 55.7. The van der Waals surface area contributed by atoms with Crippen molar-refractivity contribution in [3.8, 4) is 0 Å². The fourth-order valence-corrected chi connectivity index (χ4v) is 8.99. The van der Waals surface area contributed by atoms with Gasteiger partial charge in [-0.15, -0.1) is 0 Å². The topological polar surface area (TPSA) is 78.9 Å². The first-order valence-electron chi connectivity index (χ1n) is 32.4. The van der Waals surface area contributed by atoms with Gasteiger partial charge in [-0.3, -0.25) is 14.4 Å². The van der Waals surface area contributed by atoms with E-state index in [-0.39, 0.29) is 31.1 Å². The van der Waals surface area contributed by atoms with Crippen molar-refractivity contribution in [2.45, 2.75) is 309 Å². The molecule has 0 N–H and O–H groups in total. The molecule has 0 rings (SSSR count). The lowest BCUT2D eigenvalue weighted by molar-refractivity contribution is -0.167. The summed E-state index contributed by atoms with van der Waals surface area (Å²) in [6.45, 7) is 6.43. The summed E-state index contributed by atoms with van der Waals surface area (Å²) in [7, 11) is 0. The van der Waals surface area contributed by atoms with Gasteiger partial charge in [-0.2, -0.15) is 0 Å². The van der Waals surface area contributed by atoms with E-state index in [0.29, 0.717) is 19.3 Å². The normalized spacial score (nSPS) is 12.8. The second kappa shape index (κ2) is 64.6. The van der Waals surface area contributed by atoms with Gasteiger partial charge in [0.15, 0.2) is 6.10 Å². The minimum atomic E-state index is -0.792. The third-order valence-electron chi connectivity index (χ3n) is 13.8. The van der Waals surface area contributed by atoms with Crippen LogP contribution in [-0.4, -0.2) is 37.2 Å². The lowest BCUT2D eigenvalue weighted by Gasteiger charge is -2.18. The van der Waals surface area contributed by atoms with Gasteiger partial charge >= 0.3 is 17.9 Å². The number of carbonyl (C=O) groups excluding carboxylic acids is 3. The van der Waals surface area contributed by atoms with Gasteiger partial charge in [0.05, 0.1) is 0 Å². The molecule has 0 bridgehead atoms. The molecule has 77 heavy (non-hydrogen) atoms. The van der Waals surface area contributed by atoms with Gasteiger partial charge in [0.25, 0.3) is 0 Å². The first kappa shape index (κ1) is 73.1. The van der Waals surface area contributed by atoms with Crippen LogP contribution in [0.25, 0.3) is 0 Å². The largest absolute Gasteiger partial charge is 0.462 e. The van der Waals surface area contributed by atoms with Crippen molar-refractivity contribution in [1.82, 2.24) is 0 Å². The Kier molecular flexibility index (Phi) is 61.3. The van der Waals surface area contributed by atoms with Gasteiger partial charge in [0, 0.05) is 19.3 Å². The molecule has 1 unspecified atom stereocenters. The smallest absolute Gasteiger partial charge is 0.306 e. The van der Waals surface area contributed by atoms with Crippen LogP contribution < -0.4 is 0 Å². The molecule has 0 fully saturated rings. The molecular formula is C71H120O6. The maximum absolute atomic E-state index is 12.9. The second-order valence-corrected chi connectivity index (χ2v) is 21.3. The van der Waals surface area contributed by atoms with Crippen molar-refractivity contribution in [1.29, 1.82) is 0 Å². The van der Waals surface area contributed by atoms with E-state index in [4.69, 9.17) is 14.2 Å². The molecule has 0 aromatic rings. The number of ether oxygens (including phenoxy) is 3. The van der Waals surface area contributed by atoms with Gasteiger partial charge in [0.2, 0.25) is 0 Å². The van der Waals surface area contributed by atoms with Gasteiger partial charge in [-0.1, -0.05) is 291 Å². The maximum Gasteiger partial charge on any atom is 0.306 e. The minimum Gasteiger partial charge on any atom is -0.462 e. The molecular weight excluding hydrogens is 949 g/mol. The predicted molar refractivity (Wildman–Crippen MR) is 334 cm³/mol. The molecule has 440 valence electrons. The van der Waals surface area contributed by atoms with Crippen molar-refractivity contribution in [2.24, 2.45) is 0 Å². The van der Waals surface area contributed by atoms with Gasteiger partial charge < -0.3 is 14.2 Å². The lowest BCUT2D eigenvalue weighted by Crippen LogP contribution is -2.30. The zero-order valence-electron chi connectivity index (χ0n) is 50.4. The second-order valence-electron chi connectivity index (χ2n) is 21.3. The summed E-state index contributed by atoms with van der Waals surface area (Å²) in [5.74, 6) is -0.900. The number of hydrogen-bond donors (Lipinski definition) is 0. The van der Waals surface area contributed by atoms with Gasteiger partial charge in [-0.05, 0) is 103 Å². The molecule has 0 saturated heterocycles. The van der Waals surface area contributed by atoms with Crippen molar-refractivity contribution >= 4 is 17.9 Å². The number of hydrogen-bond acceptors (Lipinski definition) is 6. The number of allylic oxidation sites excluding steroid dienone is 18. The van der Waals surface area contributed by atoms with Crippen LogP contribution in [0.4, 0.5) is 0 Å². The molecule has 0 aliphatic rings.